The zero-order chi connectivity index (χ0) is 28.3. The van der Waals surface area contributed by atoms with Crippen molar-refractivity contribution in [1.82, 2.24) is 9.47 Å². The van der Waals surface area contributed by atoms with Gasteiger partial charge in [-0.1, -0.05) is 42.2 Å². The molecule has 1 atom stereocenters. The van der Waals surface area contributed by atoms with E-state index in [1.54, 1.807) is 22.7 Å². The summed E-state index contributed by atoms with van der Waals surface area (Å²) in [5.41, 5.74) is 2.50. The SMILES string of the molecule is C=CCOc1c(I)cc(/C=c2/sc3n(c2=O)[C@H](c2ccccc2OC)C(C(=O)N(CC)CC)=C(C)N=3)cc1I. The summed E-state index contributed by atoms with van der Waals surface area (Å²) >= 11 is 5.79. The van der Waals surface area contributed by atoms with Gasteiger partial charge in [-0.05, 0) is 95.8 Å². The van der Waals surface area contributed by atoms with Crippen molar-refractivity contribution >= 4 is 68.5 Å². The quantitative estimate of drug-likeness (QED) is 0.230. The smallest absolute Gasteiger partial charge is 0.271 e. The van der Waals surface area contributed by atoms with Crippen molar-refractivity contribution in [3.05, 3.63) is 98.3 Å². The number of methoxy groups -OCH3 is 1. The summed E-state index contributed by atoms with van der Waals surface area (Å²) in [6, 6.07) is 10.8. The normalized spacial score (nSPS) is 15.0. The first kappa shape index (κ1) is 29.5. The molecule has 0 saturated heterocycles. The summed E-state index contributed by atoms with van der Waals surface area (Å²) in [6.45, 7) is 11.0. The second kappa shape index (κ2) is 12.8. The fourth-order valence-corrected chi connectivity index (χ4v) is 7.73. The molecule has 3 aromatic rings. The minimum atomic E-state index is -0.664. The van der Waals surface area contributed by atoms with Crippen molar-refractivity contribution in [3.63, 3.8) is 0 Å². The molecule has 0 fully saturated rings. The van der Waals surface area contributed by atoms with Gasteiger partial charge in [-0.3, -0.25) is 14.2 Å². The van der Waals surface area contributed by atoms with Gasteiger partial charge in [-0.25, -0.2) is 4.99 Å². The van der Waals surface area contributed by atoms with Crippen molar-refractivity contribution in [1.29, 1.82) is 0 Å². The van der Waals surface area contributed by atoms with Crippen molar-refractivity contribution < 1.29 is 14.3 Å². The summed E-state index contributed by atoms with van der Waals surface area (Å²) in [7, 11) is 1.59. The van der Waals surface area contributed by atoms with Gasteiger partial charge >= 0.3 is 0 Å². The summed E-state index contributed by atoms with van der Waals surface area (Å²) in [5.74, 6) is 1.27. The lowest BCUT2D eigenvalue weighted by Gasteiger charge is -2.29. The average molecular weight is 769 g/mol. The van der Waals surface area contributed by atoms with E-state index < -0.39 is 6.04 Å². The third-order valence-electron chi connectivity index (χ3n) is 6.40. The fraction of sp³-hybridized carbons (Fsp3) is 0.276. The molecule has 7 nitrogen and oxygen atoms in total. The molecule has 1 aromatic heterocycles. The molecule has 0 spiro atoms. The Kier molecular flexibility index (Phi) is 9.70. The number of carbonyl (C=O) groups excluding carboxylic acids is 1. The molecule has 10 heteroatoms. The van der Waals surface area contributed by atoms with Gasteiger partial charge in [0.2, 0.25) is 0 Å². The van der Waals surface area contributed by atoms with Crippen molar-refractivity contribution in [2.24, 2.45) is 4.99 Å². The van der Waals surface area contributed by atoms with Crippen LogP contribution in [0.3, 0.4) is 0 Å². The highest BCUT2D eigenvalue weighted by molar-refractivity contribution is 14.1. The number of likely N-dealkylation sites (N-methyl/N-ethyl adjacent to an activating group) is 1. The number of hydrogen-bond donors (Lipinski definition) is 0. The van der Waals surface area contributed by atoms with E-state index in [9.17, 15) is 9.59 Å². The molecule has 0 saturated carbocycles. The van der Waals surface area contributed by atoms with E-state index >= 15 is 0 Å². The number of fused-ring (bicyclic) bond motifs is 1. The number of aromatic nitrogens is 1. The summed E-state index contributed by atoms with van der Waals surface area (Å²) in [5, 5.41) is 0. The standard InChI is InChI=1S/C29H29I2N3O4S/c1-6-13-38-26-20(30)14-18(15-21(26)31)16-23-27(35)34-25(19-11-9-10-12-22(19)37-5)24(17(4)32-29(34)39-23)28(36)33(7-2)8-3/h6,9-12,14-16,25H,1,7-8,13H2,2-5H3/b23-16+/t25-/m1/s1. The topological polar surface area (TPSA) is 73.1 Å². The van der Waals surface area contributed by atoms with Gasteiger partial charge in [0.25, 0.3) is 11.5 Å². The average Bonchev–Trinajstić information content (AvgIpc) is 3.22. The molecule has 204 valence electrons. The van der Waals surface area contributed by atoms with Crippen molar-refractivity contribution in [2.45, 2.75) is 26.8 Å². The van der Waals surface area contributed by atoms with Crippen LogP contribution in [0.25, 0.3) is 6.08 Å². The van der Waals surface area contributed by atoms with Crippen LogP contribution in [0.15, 0.2) is 70.1 Å². The third-order valence-corrected chi connectivity index (χ3v) is 8.99. The Bertz CT molecular complexity index is 1610. The molecular weight excluding hydrogens is 740 g/mol. The Balaban J connectivity index is 1.94. The number of carbonyl (C=O) groups is 1. The van der Waals surface area contributed by atoms with E-state index in [1.165, 1.54) is 11.3 Å². The maximum absolute atomic E-state index is 14.0. The maximum atomic E-state index is 14.0. The first-order valence-corrected chi connectivity index (χ1v) is 15.4. The number of thiazole rings is 1. The van der Waals surface area contributed by atoms with Crippen LogP contribution in [0, 0.1) is 7.14 Å². The Labute approximate surface area is 258 Å². The van der Waals surface area contributed by atoms with Gasteiger partial charge in [0.15, 0.2) is 4.80 Å². The predicted octanol–water partition coefficient (Wildman–Crippen LogP) is 4.89. The van der Waals surface area contributed by atoms with E-state index in [4.69, 9.17) is 14.5 Å². The highest BCUT2D eigenvalue weighted by Crippen LogP contribution is 2.36. The molecule has 4 rings (SSSR count). The minimum absolute atomic E-state index is 0.134. The molecule has 1 aliphatic rings. The summed E-state index contributed by atoms with van der Waals surface area (Å²) in [4.78, 5) is 34.9. The van der Waals surface area contributed by atoms with Gasteiger partial charge in [0.1, 0.15) is 24.1 Å². The number of amides is 1. The molecule has 39 heavy (non-hydrogen) atoms. The minimum Gasteiger partial charge on any atom is -0.496 e. The number of halogens is 2. The predicted molar refractivity (Wildman–Crippen MR) is 172 cm³/mol. The fourth-order valence-electron chi connectivity index (χ4n) is 4.56. The van der Waals surface area contributed by atoms with Crippen LogP contribution in [0.5, 0.6) is 11.5 Å². The number of allylic oxidation sites excluding steroid dienone is 1. The van der Waals surface area contributed by atoms with Gasteiger partial charge in [-0.2, -0.15) is 0 Å². The van der Waals surface area contributed by atoms with Crippen LogP contribution in [0.1, 0.15) is 37.9 Å². The first-order chi connectivity index (χ1) is 18.7. The highest BCUT2D eigenvalue weighted by atomic mass is 127. The molecular formula is C29H29I2N3O4S. The van der Waals surface area contributed by atoms with Crippen LogP contribution in [0.4, 0.5) is 0 Å². The van der Waals surface area contributed by atoms with Crippen LogP contribution >= 0.6 is 56.5 Å². The van der Waals surface area contributed by atoms with Crippen LogP contribution in [0.2, 0.25) is 0 Å². The van der Waals surface area contributed by atoms with Crippen LogP contribution in [-0.4, -0.2) is 42.2 Å². The number of para-hydroxylation sites is 1. The summed E-state index contributed by atoms with van der Waals surface area (Å²) in [6.07, 6.45) is 3.58. The Morgan fingerprint density at radius 2 is 1.87 bits per heavy atom. The van der Waals surface area contributed by atoms with Crippen LogP contribution in [-0.2, 0) is 4.79 Å². The van der Waals surface area contributed by atoms with Gasteiger partial charge in [-0.15, -0.1) is 0 Å². The Hall–Kier alpha value is -2.45. The van der Waals surface area contributed by atoms with E-state index in [0.717, 1.165) is 24.0 Å². The van der Waals surface area contributed by atoms with Gasteiger partial charge in [0, 0.05) is 18.7 Å². The first-order valence-electron chi connectivity index (χ1n) is 12.4. The van der Waals surface area contributed by atoms with Crippen molar-refractivity contribution in [2.75, 3.05) is 26.8 Å². The number of ether oxygens (including phenoxy) is 2. The maximum Gasteiger partial charge on any atom is 0.271 e. The molecule has 1 amide bonds. The lowest BCUT2D eigenvalue weighted by atomic mass is 9.94. The van der Waals surface area contributed by atoms with E-state index in [0.29, 0.717) is 46.0 Å². The number of benzene rings is 2. The molecule has 2 aromatic carbocycles. The number of hydrogen-bond acceptors (Lipinski definition) is 6. The van der Waals surface area contributed by atoms with Gasteiger partial charge in [0.05, 0.1) is 30.1 Å². The van der Waals surface area contributed by atoms with Crippen LogP contribution < -0.4 is 24.4 Å². The Morgan fingerprint density at radius 1 is 1.21 bits per heavy atom. The van der Waals surface area contributed by atoms with E-state index in [2.05, 4.69) is 51.8 Å². The number of nitrogens with zero attached hydrogens (tertiary/aromatic N) is 3. The molecule has 0 N–H and O–H groups in total. The lowest BCUT2D eigenvalue weighted by Crippen LogP contribution is -2.43. The molecule has 0 aliphatic carbocycles. The molecule has 0 radical (unpaired) electrons. The molecule has 0 unspecified atom stereocenters. The third kappa shape index (κ3) is 5.87. The van der Waals surface area contributed by atoms with E-state index in [1.807, 2.05) is 63.2 Å². The second-order valence-corrected chi connectivity index (χ2v) is 12.0. The second-order valence-electron chi connectivity index (χ2n) is 8.71. The summed E-state index contributed by atoms with van der Waals surface area (Å²) < 4.78 is 15.5. The number of rotatable bonds is 9. The molecule has 1 aliphatic heterocycles. The van der Waals surface area contributed by atoms with Crippen molar-refractivity contribution in [3.8, 4) is 11.5 Å². The largest absolute Gasteiger partial charge is 0.496 e. The zero-order valence-corrected chi connectivity index (χ0v) is 27.3. The zero-order valence-electron chi connectivity index (χ0n) is 22.2. The highest BCUT2D eigenvalue weighted by Gasteiger charge is 2.35. The van der Waals surface area contributed by atoms with E-state index in [-0.39, 0.29) is 11.5 Å². The molecule has 2 heterocycles. The lowest BCUT2D eigenvalue weighted by molar-refractivity contribution is -0.127. The molecule has 0 bridgehead atoms. The Morgan fingerprint density at radius 3 is 2.49 bits per heavy atom. The monoisotopic (exact) mass is 769 g/mol. The van der Waals surface area contributed by atoms with Gasteiger partial charge < -0.3 is 14.4 Å².